The summed E-state index contributed by atoms with van der Waals surface area (Å²) in [6, 6.07) is 12.7. The molecule has 3 nitrogen and oxygen atoms in total. The van der Waals surface area contributed by atoms with E-state index in [-0.39, 0.29) is 0 Å². The Hall–Kier alpha value is -2.29. The van der Waals surface area contributed by atoms with Gasteiger partial charge in [-0.2, -0.15) is 0 Å². The Morgan fingerprint density at radius 1 is 1.05 bits per heavy atom. The van der Waals surface area contributed by atoms with Gasteiger partial charge in [-0.05, 0) is 35.7 Å². The molecule has 0 aliphatic carbocycles. The average Bonchev–Trinajstić information content (AvgIpc) is 2.87. The lowest BCUT2D eigenvalue weighted by atomic mass is 10.0. The Kier molecular flexibility index (Phi) is 2.95. The molecule has 0 bridgehead atoms. The van der Waals surface area contributed by atoms with Crippen LogP contribution >= 0.6 is 0 Å². The van der Waals surface area contributed by atoms with Crippen LogP contribution in [-0.4, -0.2) is 9.97 Å². The molecule has 3 heteroatoms. The molecule has 0 unspecified atom stereocenters. The molecule has 0 saturated carbocycles. The number of H-pyrrole nitrogens is 1. The number of fused-ring (bicyclic) bond motifs is 1. The first-order chi connectivity index (χ1) is 9.22. The molecule has 0 spiro atoms. The van der Waals surface area contributed by atoms with Crippen LogP contribution in [0.5, 0.6) is 0 Å². The second kappa shape index (κ2) is 4.76. The van der Waals surface area contributed by atoms with Crippen LogP contribution in [0.15, 0.2) is 48.8 Å². The predicted octanol–water partition coefficient (Wildman–Crippen LogP) is 4.43. The van der Waals surface area contributed by atoms with Crippen molar-refractivity contribution in [3.8, 4) is 0 Å². The molecule has 2 heterocycles. The number of aromatic nitrogens is 2. The molecule has 1 aromatic carbocycles. The van der Waals surface area contributed by atoms with E-state index in [1.807, 2.05) is 18.5 Å². The van der Waals surface area contributed by atoms with Gasteiger partial charge >= 0.3 is 0 Å². The largest absolute Gasteiger partial charge is 0.354 e. The molecule has 0 radical (unpaired) electrons. The van der Waals surface area contributed by atoms with E-state index in [1.165, 1.54) is 5.56 Å². The Morgan fingerprint density at radius 3 is 2.58 bits per heavy atom. The number of hydrogen-bond donors (Lipinski definition) is 2. The summed E-state index contributed by atoms with van der Waals surface area (Å²) < 4.78 is 0. The van der Waals surface area contributed by atoms with Crippen molar-refractivity contribution in [2.75, 3.05) is 5.32 Å². The van der Waals surface area contributed by atoms with Crippen molar-refractivity contribution < 1.29 is 0 Å². The molecule has 0 saturated heterocycles. The van der Waals surface area contributed by atoms with Gasteiger partial charge < -0.3 is 10.3 Å². The van der Waals surface area contributed by atoms with Crippen LogP contribution in [0.4, 0.5) is 11.4 Å². The Morgan fingerprint density at radius 2 is 1.84 bits per heavy atom. The first kappa shape index (κ1) is 11.8. The van der Waals surface area contributed by atoms with Crippen molar-refractivity contribution in [2.45, 2.75) is 19.8 Å². The van der Waals surface area contributed by atoms with Crippen molar-refractivity contribution in [1.29, 1.82) is 0 Å². The van der Waals surface area contributed by atoms with Crippen molar-refractivity contribution in [1.82, 2.24) is 9.97 Å². The van der Waals surface area contributed by atoms with Gasteiger partial charge in [0.05, 0.1) is 11.9 Å². The number of benzene rings is 1. The fraction of sp³-hybridized carbons (Fsp3) is 0.188. The number of aromatic amines is 1. The molecule has 96 valence electrons. The van der Waals surface area contributed by atoms with E-state index in [9.17, 15) is 0 Å². The molecule has 2 N–H and O–H groups in total. The highest BCUT2D eigenvalue weighted by Gasteiger charge is 2.01. The van der Waals surface area contributed by atoms with Crippen LogP contribution in [-0.2, 0) is 0 Å². The third kappa shape index (κ3) is 2.45. The van der Waals surface area contributed by atoms with Gasteiger partial charge in [0.15, 0.2) is 0 Å². The Labute approximate surface area is 112 Å². The minimum Gasteiger partial charge on any atom is -0.354 e. The summed E-state index contributed by atoms with van der Waals surface area (Å²) in [5.41, 5.74) is 4.36. The van der Waals surface area contributed by atoms with Gasteiger partial charge in [-0.3, -0.25) is 0 Å². The van der Waals surface area contributed by atoms with Crippen LogP contribution < -0.4 is 5.32 Å². The highest BCUT2D eigenvalue weighted by Crippen LogP contribution is 2.22. The quantitative estimate of drug-likeness (QED) is 0.723. The Balaban J connectivity index is 1.83. The van der Waals surface area contributed by atoms with Crippen molar-refractivity contribution in [2.24, 2.45) is 0 Å². The highest BCUT2D eigenvalue weighted by molar-refractivity contribution is 5.80. The Bertz CT molecular complexity index is 681. The van der Waals surface area contributed by atoms with Gasteiger partial charge in [0, 0.05) is 17.3 Å². The van der Waals surface area contributed by atoms with Crippen molar-refractivity contribution in [3.05, 3.63) is 54.4 Å². The van der Waals surface area contributed by atoms with E-state index in [1.54, 1.807) is 0 Å². The van der Waals surface area contributed by atoms with Crippen molar-refractivity contribution in [3.63, 3.8) is 0 Å². The van der Waals surface area contributed by atoms with Crippen LogP contribution in [0.25, 0.3) is 11.0 Å². The van der Waals surface area contributed by atoms with E-state index >= 15 is 0 Å². The number of hydrogen-bond acceptors (Lipinski definition) is 2. The fourth-order valence-electron chi connectivity index (χ4n) is 2.13. The number of pyridine rings is 1. The fourth-order valence-corrected chi connectivity index (χ4v) is 2.13. The third-order valence-electron chi connectivity index (χ3n) is 3.27. The van der Waals surface area contributed by atoms with Gasteiger partial charge in [0.25, 0.3) is 0 Å². The van der Waals surface area contributed by atoms with E-state index < -0.39 is 0 Å². The topological polar surface area (TPSA) is 40.7 Å². The van der Waals surface area contributed by atoms with Crippen LogP contribution in [0.2, 0.25) is 0 Å². The number of nitrogens with zero attached hydrogens (tertiary/aromatic N) is 1. The van der Waals surface area contributed by atoms with Gasteiger partial charge in [0.2, 0.25) is 0 Å². The maximum absolute atomic E-state index is 4.37. The second-order valence-corrected chi connectivity index (χ2v) is 5.04. The molecule has 2 aromatic heterocycles. The van der Waals surface area contributed by atoms with Crippen LogP contribution in [0, 0.1) is 0 Å². The standard InChI is InChI=1S/C16H17N3/c1-11(2)12-3-5-14(6-4-12)19-15-9-13-7-8-17-16(13)18-10-15/h3-11,19H,1-2H3,(H,17,18). The van der Waals surface area contributed by atoms with E-state index in [4.69, 9.17) is 0 Å². The van der Waals surface area contributed by atoms with E-state index in [2.05, 4.69) is 59.5 Å². The molecule has 0 atom stereocenters. The maximum atomic E-state index is 4.37. The van der Waals surface area contributed by atoms with Gasteiger partial charge in [-0.1, -0.05) is 26.0 Å². The maximum Gasteiger partial charge on any atom is 0.137 e. The summed E-state index contributed by atoms with van der Waals surface area (Å²) in [5, 5.41) is 4.49. The summed E-state index contributed by atoms with van der Waals surface area (Å²) in [6.07, 6.45) is 3.74. The van der Waals surface area contributed by atoms with Gasteiger partial charge in [-0.25, -0.2) is 4.98 Å². The molecular weight excluding hydrogens is 234 g/mol. The molecule has 0 aliphatic heterocycles. The van der Waals surface area contributed by atoms with E-state index in [0.29, 0.717) is 5.92 Å². The summed E-state index contributed by atoms with van der Waals surface area (Å²) in [7, 11) is 0. The number of anilines is 2. The monoisotopic (exact) mass is 251 g/mol. The molecular formula is C16H17N3. The third-order valence-corrected chi connectivity index (χ3v) is 3.27. The van der Waals surface area contributed by atoms with Gasteiger partial charge in [0.1, 0.15) is 5.65 Å². The number of rotatable bonds is 3. The molecule has 3 rings (SSSR count). The second-order valence-electron chi connectivity index (χ2n) is 5.04. The zero-order valence-electron chi connectivity index (χ0n) is 11.1. The first-order valence-electron chi connectivity index (χ1n) is 6.52. The lowest BCUT2D eigenvalue weighted by Gasteiger charge is -2.09. The lowest BCUT2D eigenvalue weighted by Crippen LogP contribution is -1.92. The summed E-state index contributed by atoms with van der Waals surface area (Å²) in [6.45, 7) is 4.40. The molecule has 0 amide bonds. The molecule has 3 aromatic rings. The first-order valence-corrected chi connectivity index (χ1v) is 6.52. The highest BCUT2D eigenvalue weighted by atomic mass is 14.9. The smallest absolute Gasteiger partial charge is 0.137 e. The minimum absolute atomic E-state index is 0.562. The number of nitrogens with one attached hydrogen (secondary N) is 2. The van der Waals surface area contributed by atoms with E-state index in [0.717, 1.165) is 22.4 Å². The summed E-state index contributed by atoms with van der Waals surface area (Å²) >= 11 is 0. The minimum atomic E-state index is 0.562. The molecule has 19 heavy (non-hydrogen) atoms. The lowest BCUT2D eigenvalue weighted by molar-refractivity contribution is 0.867. The van der Waals surface area contributed by atoms with Crippen LogP contribution in [0.1, 0.15) is 25.3 Å². The predicted molar refractivity (Wildman–Crippen MR) is 79.9 cm³/mol. The SMILES string of the molecule is CC(C)c1ccc(Nc2cnc3[nH]ccc3c2)cc1. The zero-order chi connectivity index (χ0) is 13.2. The van der Waals surface area contributed by atoms with Gasteiger partial charge in [-0.15, -0.1) is 0 Å². The normalized spacial score (nSPS) is 11.1. The summed E-state index contributed by atoms with van der Waals surface area (Å²) in [5.74, 6) is 0.562. The average molecular weight is 251 g/mol. The zero-order valence-corrected chi connectivity index (χ0v) is 11.1. The molecule has 0 fully saturated rings. The molecule has 0 aliphatic rings. The summed E-state index contributed by atoms with van der Waals surface area (Å²) in [4.78, 5) is 7.46. The van der Waals surface area contributed by atoms with Crippen molar-refractivity contribution >= 4 is 22.4 Å². The van der Waals surface area contributed by atoms with Crippen LogP contribution in [0.3, 0.4) is 0 Å².